The van der Waals surface area contributed by atoms with Gasteiger partial charge in [0.1, 0.15) is 5.75 Å². The number of hydrogen-bond acceptors (Lipinski definition) is 2. The molecule has 0 saturated carbocycles. The molecule has 3 aromatic carbocycles. The quantitative estimate of drug-likeness (QED) is 0.379. The van der Waals surface area contributed by atoms with Crippen LogP contribution in [-0.2, 0) is 0 Å². The van der Waals surface area contributed by atoms with Gasteiger partial charge in [0.15, 0.2) is 23.2 Å². The first-order valence-corrected chi connectivity index (χ1v) is 9.69. The van der Waals surface area contributed by atoms with Crippen LogP contribution in [0.25, 0.3) is 22.3 Å². The van der Waals surface area contributed by atoms with Crippen molar-refractivity contribution in [1.82, 2.24) is 0 Å². The summed E-state index contributed by atoms with van der Waals surface area (Å²) in [6, 6.07) is 13.9. The zero-order chi connectivity index (χ0) is 20.8. The van der Waals surface area contributed by atoms with Gasteiger partial charge in [0, 0.05) is 11.1 Å². The average Bonchev–Trinajstić information content (AvgIpc) is 2.73. The SMILES string of the molecule is CCCCOc1ccc(-c2ccc(-c3ccc(OCC)c(F)c3)c(F)c2F)cc1. The van der Waals surface area contributed by atoms with Gasteiger partial charge in [-0.1, -0.05) is 43.7 Å². The highest BCUT2D eigenvalue weighted by Crippen LogP contribution is 2.33. The summed E-state index contributed by atoms with van der Waals surface area (Å²) in [5.74, 6) is -1.85. The second kappa shape index (κ2) is 9.50. The summed E-state index contributed by atoms with van der Waals surface area (Å²) in [5.41, 5.74) is 0.910. The van der Waals surface area contributed by atoms with Crippen LogP contribution in [0.15, 0.2) is 54.6 Å². The standard InChI is InChI=1S/C24H23F3O2/c1-3-5-14-29-18-9-6-16(7-10-18)19-11-12-20(24(27)23(19)26)17-8-13-22(28-4-2)21(25)15-17/h6-13,15H,3-5,14H2,1-2H3. The molecule has 2 nitrogen and oxygen atoms in total. The fraction of sp³-hybridized carbons (Fsp3) is 0.250. The number of halogens is 3. The Morgan fingerprint density at radius 1 is 0.724 bits per heavy atom. The largest absolute Gasteiger partial charge is 0.494 e. The van der Waals surface area contributed by atoms with E-state index >= 15 is 0 Å². The highest BCUT2D eigenvalue weighted by Gasteiger charge is 2.17. The molecule has 3 rings (SSSR count). The van der Waals surface area contributed by atoms with Crippen LogP contribution in [0.3, 0.4) is 0 Å². The molecule has 0 radical (unpaired) electrons. The van der Waals surface area contributed by atoms with E-state index in [2.05, 4.69) is 6.92 Å². The minimum absolute atomic E-state index is 0.00674. The number of unbranched alkanes of at least 4 members (excludes halogenated alkanes) is 1. The Labute approximate surface area is 168 Å². The van der Waals surface area contributed by atoms with Crippen molar-refractivity contribution < 1.29 is 22.6 Å². The van der Waals surface area contributed by atoms with Gasteiger partial charge in [0.25, 0.3) is 0 Å². The van der Waals surface area contributed by atoms with Crippen molar-refractivity contribution in [2.45, 2.75) is 26.7 Å². The lowest BCUT2D eigenvalue weighted by atomic mass is 9.98. The van der Waals surface area contributed by atoms with Crippen LogP contribution in [-0.4, -0.2) is 13.2 Å². The van der Waals surface area contributed by atoms with Crippen molar-refractivity contribution in [3.63, 3.8) is 0 Å². The van der Waals surface area contributed by atoms with E-state index in [1.54, 1.807) is 31.2 Å². The first-order chi connectivity index (χ1) is 14.0. The van der Waals surface area contributed by atoms with Crippen LogP contribution in [0.4, 0.5) is 13.2 Å². The Hall–Kier alpha value is -2.95. The summed E-state index contributed by atoms with van der Waals surface area (Å²) in [6.07, 6.45) is 1.99. The maximum atomic E-state index is 14.8. The van der Waals surface area contributed by atoms with E-state index < -0.39 is 17.5 Å². The predicted octanol–water partition coefficient (Wildman–Crippen LogP) is 7.02. The van der Waals surface area contributed by atoms with Crippen molar-refractivity contribution in [2.75, 3.05) is 13.2 Å². The lowest BCUT2D eigenvalue weighted by Crippen LogP contribution is -1.97. The fourth-order valence-corrected chi connectivity index (χ4v) is 3.00. The van der Waals surface area contributed by atoms with E-state index in [1.165, 1.54) is 24.3 Å². The molecule has 0 spiro atoms. The van der Waals surface area contributed by atoms with Gasteiger partial charge in [-0.3, -0.25) is 0 Å². The molecule has 0 aliphatic rings. The summed E-state index contributed by atoms with van der Waals surface area (Å²) in [6.45, 7) is 4.75. The summed E-state index contributed by atoms with van der Waals surface area (Å²) < 4.78 is 54.3. The number of rotatable bonds is 8. The number of ether oxygens (including phenoxy) is 2. The molecular weight excluding hydrogens is 377 g/mol. The van der Waals surface area contributed by atoms with E-state index in [0.717, 1.165) is 18.9 Å². The molecule has 0 aromatic heterocycles. The molecule has 0 N–H and O–H groups in total. The topological polar surface area (TPSA) is 18.5 Å². The van der Waals surface area contributed by atoms with Gasteiger partial charge in [-0.2, -0.15) is 0 Å². The molecule has 29 heavy (non-hydrogen) atoms. The van der Waals surface area contributed by atoms with Crippen LogP contribution in [0.1, 0.15) is 26.7 Å². The highest BCUT2D eigenvalue weighted by atomic mass is 19.2. The maximum absolute atomic E-state index is 14.8. The molecule has 0 heterocycles. The molecule has 3 aromatic rings. The first kappa shape index (κ1) is 20.8. The third-order valence-corrected chi connectivity index (χ3v) is 4.56. The zero-order valence-electron chi connectivity index (χ0n) is 16.5. The van der Waals surface area contributed by atoms with Gasteiger partial charge in [0.2, 0.25) is 0 Å². The van der Waals surface area contributed by atoms with Crippen LogP contribution >= 0.6 is 0 Å². The summed E-state index contributed by atoms with van der Waals surface area (Å²) in [7, 11) is 0. The van der Waals surface area contributed by atoms with E-state index in [0.29, 0.717) is 24.5 Å². The number of benzene rings is 3. The summed E-state index contributed by atoms with van der Waals surface area (Å²) in [5, 5.41) is 0. The predicted molar refractivity (Wildman–Crippen MR) is 109 cm³/mol. The lowest BCUT2D eigenvalue weighted by molar-refractivity contribution is 0.309. The van der Waals surface area contributed by atoms with Gasteiger partial charge in [-0.15, -0.1) is 0 Å². The van der Waals surface area contributed by atoms with Crippen molar-refractivity contribution in [3.8, 4) is 33.8 Å². The van der Waals surface area contributed by atoms with E-state index in [1.807, 2.05) is 0 Å². The summed E-state index contributed by atoms with van der Waals surface area (Å²) in [4.78, 5) is 0. The molecule has 0 bridgehead atoms. The molecule has 0 saturated heterocycles. The van der Waals surface area contributed by atoms with E-state index in [-0.39, 0.29) is 22.4 Å². The normalized spacial score (nSPS) is 10.8. The Morgan fingerprint density at radius 2 is 1.34 bits per heavy atom. The van der Waals surface area contributed by atoms with Crippen LogP contribution in [0, 0.1) is 17.5 Å². The van der Waals surface area contributed by atoms with Crippen LogP contribution in [0.5, 0.6) is 11.5 Å². The molecule has 5 heteroatoms. The second-order valence-electron chi connectivity index (χ2n) is 6.59. The van der Waals surface area contributed by atoms with E-state index in [4.69, 9.17) is 9.47 Å². The fourth-order valence-electron chi connectivity index (χ4n) is 3.00. The van der Waals surface area contributed by atoms with Gasteiger partial charge in [-0.25, -0.2) is 13.2 Å². The number of hydrogen-bond donors (Lipinski definition) is 0. The third kappa shape index (κ3) is 4.73. The van der Waals surface area contributed by atoms with Crippen molar-refractivity contribution in [3.05, 3.63) is 72.0 Å². The minimum atomic E-state index is -1.02. The lowest BCUT2D eigenvalue weighted by Gasteiger charge is -2.11. The van der Waals surface area contributed by atoms with Crippen molar-refractivity contribution in [1.29, 1.82) is 0 Å². The van der Waals surface area contributed by atoms with Gasteiger partial charge < -0.3 is 9.47 Å². The van der Waals surface area contributed by atoms with Crippen LogP contribution < -0.4 is 9.47 Å². The van der Waals surface area contributed by atoms with Crippen molar-refractivity contribution in [2.24, 2.45) is 0 Å². The van der Waals surface area contributed by atoms with Gasteiger partial charge >= 0.3 is 0 Å². The second-order valence-corrected chi connectivity index (χ2v) is 6.59. The van der Waals surface area contributed by atoms with Gasteiger partial charge in [-0.05, 0) is 48.7 Å². The molecule has 0 atom stereocenters. The van der Waals surface area contributed by atoms with Crippen molar-refractivity contribution >= 4 is 0 Å². The van der Waals surface area contributed by atoms with E-state index in [9.17, 15) is 13.2 Å². The molecule has 0 aliphatic carbocycles. The molecule has 0 unspecified atom stereocenters. The average molecular weight is 400 g/mol. The highest BCUT2D eigenvalue weighted by molar-refractivity contribution is 5.72. The molecule has 0 aliphatic heterocycles. The Kier molecular flexibility index (Phi) is 6.81. The monoisotopic (exact) mass is 400 g/mol. The minimum Gasteiger partial charge on any atom is -0.494 e. The third-order valence-electron chi connectivity index (χ3n) is 4.56. The van der Waals surface area contributed by atoms with Gasteiger partial charge in [0.05, 0.1) is 13.2 Å². The summed E-state index contributed by atoms with van der Waals surface area (Å²) >= 11 is 0. The molecule has 0 fully saturated rings. The maximum Gasteiger partial charge on any atom is 0.167 e. The molecule has 152 valence electrons. The Morgan fingerprint density at radius 3 is 1.93 bits per heavy atom. The Bertz CT molecular complexity index is 969. The smallest absolute Gasteiger partial charge is 0.167 e. The Balaban J connectivity index is 1.87. The van der Waals surface area contributed by atoms with Crippen LogP contribution in [0.2, 0.25) is 0 Å². The molecular formula is C24H23F3O2. The molecule has 0 amide bonds. The zero-order valence-corrected chi connectivity index (χ0v) is 16.5. The first-order valence-electron chi connectivity index (χ1n) is 9.69.